The number of halogens is 5. The maximum absolute atomic E-state index is 6.16. The van der Waals surface area contributed by atoms with E-state index in [4.69, 9.17) is 39.5 Å². The molecule has 3 nitrogen and oxygen atoms in total. The number of benzene rings is 1. The van der Waals surface area contributed by atoms with E-state index in [-0.39, 0.29) is 30.9 Å². The number of alkyl halides is 3. The van der Waals surface area contributed by atoms with Gasteiger partial charge in [0, 0.05) is 13.0 Å². The molecular formula is C17H29Cl5N2O. The van der Waals surface area contributed by atoms with E-state index in [2.05, 4.69) is 26.2 Å². The van der Waals surface area contributed by atoms with Crippen molar-refractivity contribution in [3.8, 4) is 5.75 Å². The van der Waals surface area contributed by atoms with Gasteiger partial charge in [-0.15, -0.1) is 12.4 Å². The van der Waals surface area contributed by atoms with Crippen molar-refractivity contribution >= 4 is 47.2 Å². The van der Waals surface area contributed by atoms with Crippen LogP contribution < -0.4 is 22.5 Å². The fourth-order valence-electron chi connectivity index (χ4n) is 2.47. The molecule has 1 atom stereocenters. The van der Waals surface area contributed by atoms with Crippen molar-refractivity contribution in [1.82, 2.24) is 5.32 Å². The Morgan fingerprint density at radius 2 is 1.64 bits per heavy atom. The number of methoxy groups -OCH3 is 1. The zero-order chi connectivity index (χ0) is 17.5. The van der Waals surface area contributed by atoms with Crippen LogP contribution in [0.1, 0.15) is 31.9 Å². The molecule has 1 unspecified atom stereocenters. The molecule has 8 heteroatoms. The largest absolute Gasteiger partial charge is 1.00 e. The highest BCUT2D eigenvalue weighted by Gasteiger charge is 2.33. The third-order valence-corrected chi connectivity index (χ3v) is 5.18. The van der Waals surface area contributed by atoms with Gasteiger partial charge in [-0.1, -0.05) is 46.9 Å². The third kappa shape index (κ3) is 9.23. The number of rotatable bonds is 9. The van der Waals surface area contributed by atoms with Crippen molar-refractivity contribution in [3.63, 3.8) is 0 Å². The topological polar surface area (TPSA) is 21.3 Å². The maximum atomic E-state index is 6.16. The van der Waals surface area contributed by atoms with Crippen molar-refractivity contribution in [2.24, 2.45) is 0 Å². The molecule has 0 saturated carbocycles. The summed E-state index contributed by atoms with van der Waals surface area (Å²) in [5.74, 6) is 0.788. The van der Waals surface area contributed by atoms with Gasteiger partial charge < -0.3 is 26.9 Å². The van der Waals surface area contributed by atoms with Gasteiger partial charge in [-0.3, -0.25) is 0 Å². The molecular weight excluding hydrogens is 425 g/mol. The van der Waals surface area contributed by atoms with E-state index in [1.165, 1.54) is 0 Å². The molecule has 0 aromatic heterocycles. The quantitative estimate of drug-likeness (QED) is 0.350. The minimum atomic E-state index is -1.40. The summed E-state index contributed by atoms with van der Waals surface area (Å²) in [5, 5.41) is 3.39. The number of nitrogens with one attached hydrogen (secondary N) is 1. The molecule has 0 aliphatic heterocycles. The first-order valence-electron chi connectivity index (χ1n) is 8.03. The molecule has 0 fully saturated rings. The SMILES string of the molecule is CC[N+](C)(CC)CCCNC(c1ccc(OC)cc1)C(Cl)(Cl)Cl.Cl.[Cl-]. The summed E-state index contributed by atoms with van der Waals surface area (Å²) in [4.78, 5) is 0. The van der Waals surface area contributed by atoms with Crippen LogP contribution >= 0.6 is 47.2 Å². The fourth-order valence-corrected chi connectivity index (χ4v) is 3.08. The standard InChI is InChI=1S/C17H28Cl3N2O.2ClH/c1-5-22(3,6-2)13-7-12-21-16(17(18,19)20)14-8-10-15(23-4)11-9-14;;/h8-11,16,21H,5-7,12-13H2,1-4H3;2*1H/q+1;;/p-1. The molecule has 0 aliphatic carbocycles. The zero-order valence-corrected chi connectivity index (χ0v) is 19.0. The summed E-state index contributed by atoms with van der Waals surface area (Å²) in [6.45, 7) is 8.61. The van der Waals surface area contributed by atoms with Crippen LogP contribution in [0.5, 0.6) is 5.75 Å². The van der Waals surface area contributed by atoms with Crippen LogP contribution in [0, 0.1) is 0 Å². The number of nitrogens with zero attached hydrogens (tertiary/aromatic N) is 1. The number of hydrogen-bond acceptors (Lipinski definition) is 2. The molecule has 0 amide bonds. The highest BCUT2D eigenvalue weighted by atomic mass is 35.6. The Kier molecular flexibility index (Phi) is 14.0. The predicted octanol–water partition coefficient (Wildman–Crippen LogP) is 2.00. The van der Waals surface area contributed by atoms with Gasteiger partial charge in [-0.25, -0.2) is 0 Å². The molecule has 0 saturated heterocycles. The summed E-state index contributed by atoms with van der Waals surface area (Å²) >= 11 is 18.5. The molecule has 25 heavy (non-hydrogen) atoms. The van der Waals surface area contributed by atoms with Crippen LogP contribution in [0.4, 0.5) is 0 Å². The highest BCUT2D eigenvalue weighted by Crippen LogP contribution is 2.40. The Balaban J connectivity index is 0. The fraction of sp³-hybridized carbons (Fsp3) is 0.647. The Labute approximate surface area is 179 Å². The Bertz CT molecular complexity index is 461. The van der Waals surface area contributed by atoms with Crippen molar-refractivity contribution < 1.29 is 21.6 Å². The average Bonchev–Trinajstić information content (AvgIpc) is 2.53. The normalized spacial score (nSPS) is 12.8. The van der Waals surface area contributed by atoms with Crippen LogP contribution in [0.3, 0.4) is 0 Å². The monoisotopic (exact) mass is 452 g/mol. The minimum Gasteiger partial charge on any atom is -1.00 e. The highest BCUT2D eigenvalue weighted by molar-refractivity contribution is 6.68. The lowest BCUT2D eigenvalue weighted by Gasteiger charge is -2.33. The van der Waals surface area contributed by atoms with Gasteiger partial charge in [-0.05, 0) is 31.5 Å². The molecule has 148 valence electrons. The molecule has 0 bridgehead atoms. The van der Waals surface area contributed by atoms with E-state index in [9.17, 15) is 0 Å². The van der Waals surface area contributed by atoms with Crippen LogP contribution in [-0.2, 0) is 0 Å². The molecule has 0 aliphatic rings. The summed E-state index contributed by atoms with van der Waals surface area (Å²) in [7, 11) is 3.91. The molecule has 0 radical (unpaired) electrons. The molecule has 1 aromatic rings. The van der Waals surface area contributed by atoms with Crippen LogP contribution in [0.2, 0.25) is 0 Å². The second-order valence-corrected chi connectivity index (χ2v) is 8.40. The van der Waals surface area contributed by atoms with Gasteiger partial charge in [-0.2, -0.15) is 0 Å². The van der Waals surface area contributed by atoms with E-state index < -0.39 is 3.79 Å². The van der Waals surface area contributed by atoms with Crippen molar-refractivity contribution in [2.75, 3.05) is 40.3 Å². The van der Waals surface area contributed by atoms with Crippen LogP contribution in [-0.4, -0.2) is 48.6 Å². The summed E-state index contributed by atoms with van der Waals surface area (Å²) in [6, 6.07) is 7.26. The van der Waals surface area contributed by atoms with E-state index in [0.717, 1.165) is 48.4 Å². The van der Waals surface area contributed by atoms with E-state index in [1.54, 1.807) is 7.11 Å². The lowest BCUT2D eigenvalue weighted by molar-refractivity contribution is -0.906. The number of ether oxygens (including phenoxy) is 1. The smallest absolute Gasteiger partial charge is 0.209 e. The first kappa shape index (κ1) is 27.6. The molecule has 0 heterocycles. The van der Waals surface area contributed by atoms with Gasteiger partial charge in [0.2, 0.25) is 3.79 Å². The first-order chi connectivity index (χ1) is 10.8. The van der Waals surface area contributed by atoms with E-state index in [1.807, 2.05) is 24.3 Å². The van der Waals surface area contributed by atoms with Gasteiger partial charge in [0.25, 0.3) is 0 Å². The minimum absolute atomic E-state index is 0. The van der Waals surface area contributed by atoms with Gasteiger partial charge in [0.05, 0.1) is 39.8 Å². The number of hydrogen-bond donors (Lipinski definition) is 1. The molecule has 1 rings (SSSR count). The zero-order valence-electron chi connectivity index (χ0n) is 15.2. The molecule has 1 N–H and O–H groups in total. The Morgan fingerprint density at radius 3 is 2.04 bits per heavy atom. The lowest BCUT2D eigenvalue weighted by atomic mass is 10.1. The van der Waals surface area contributed by atoms with Crippen LogP contribution in [0.25, 0.3) is 0 Å². The van der Waals surface area contributed by atoms with Gasteiger partial charge in [0.15, 0.2) is 0 Å². The lowest BCUT2D eigenvalue weighted by Crippen LogP contribution is -3.00. The summed E-state index contributed by atoms with van der Waals surface area (Å²) < 4.78 is 4.83. The third-order valence-electron chi connectivity index (χ3n) is 4.53. The Morgan fingerprint density at radius 1 is 1.12 bits per heavy atom. The summed E-state index contributed by atoms with van der Waals surface area (Å²) in [6.07, 6.45) is 1.03. The van der Waals surface area contributed by atoms with E-state index >= 15 is 0 Å². The first-order valence-corrected chi connectivity index (χ1v) is 9.16. The molecule has 1 aromatic carbocycles. The van der Waals surface area contributed by atoms with Crippen molar-refractivity contribution in [1.29, 1.82) is 0 Å². The second kappa shape index (κ2) is 12.7. The maximum Gasteiger partial charge on any atom is 0.209 e. The van der Waals surface area contributed by atoms with E-state index in [0.29, 0.717) is 0 Å². The average molecular weight is 455 g/mol. The Hall–Kier alpha value is 0.390. The van der Waals surface area contributed by atoms with Gasteiger partial charge >= 0.3 is 0 Å². The predicted molar refractivity (Wildman–Crippen MR) is 108 cm³/mol. The number of quaternary nitrogens is 1. The second-order valence-electron chi connectivity index (χ2n) is 6.03. The van der Waals surface area contributed by atoms with Crippen molar-refractivity contribution in [2.45, 2.75) is 30.1 Å². The summed E-state index contributed by atoms with van der Waals surface area (Å²) in [5.41, 5.74) is 0.939. The van der Waals surface area contributed by atoms with Crippen LogP contribution in [0.15, 0.2) is 24.3 Å². The van der Waals surface area contributed by atoms with Crippen molar-refractivity contribution in [3.05, 3.63) is 29.8 Å². The van der Waals surface area contributed by atoms with Gasteiger partial charge in [0.1, 0.15) is 5.75 Å². The molecule has 0 spiro atoms.